The van der Waals surface area contributed by atoms with Crippen LogP contribution in [-0.4, -0.2) is 49.3 Å². The number of carbonyl (C=O) groups is 3. The third kappa shape index (κ3) is 4.03. The van der Waals surface area contributed by atoms with Crippen LogP contribution < -0.4 is 5.32 Å². The van der Waals surface area contributed by atoms with Gasteiger partial charge in [0.2, 0.25) is 5.91 Å². The van der Waals surface area contributed by atoms with E-state index in [9.17, 15) is 14.4 Å². The van der Waals surface area contributed by atoms with Gasteiger partial charge in [-0.05, 0) is 6.42 Å². The Labute approximate surface area is 98.1 Å². The highest BCUT2D eigenvalue weighted by Crippen LogP contribution is 2.12. The Bertz CT molecular complexity index is 310. The first-order valence-electron chi connectivity index (χ1n) is 5.22. The number of esters is 1. The maximum Gasteiger partial charge on any atom is 0.326 e. The van der Waals surface area contributed by atoms with Crippen molar-refractivity contribution in [3.05, 3.63) is 0 Å². The summed E-state index contributed by atoms with van der Waals surface area (Å²) in [6, 6.07) is -1.25. The van der Waals surface area contributed by atoms with Crippen molar-refractivity contribution in [2.24, 2.45) is 5.92 Å². The third-order valence-corrected chi connectivity index (χ3v) is 2.51. The van der Waals surface area contributed by atoms with E-state index >= 15 is 0 Å². The Balaban J connectivity index is 2.50. The highest BCUT2D eigenvalue weighted by atomic mass is 16.5. The van der Waals surface area contributed by atoms with Gasteiger partial charge in [0.25, 0.3) is 0 Å². The van der Waals surface area contributed by atoms with Gasteiger partial charge in [-0.1, -0.05) is 0 Å². The molecule has 2 atom stereocenters. The summed E-state index contributed by atoms with van der Waals surface area (Å²) in [6.07, 6.45) is 0.182. The zero-order valence-corrected chi connectivity index (χ0v) is 9.47. The summed E-state index contributed by atoms with van der Waals surface area (Å²) >= 11 is 0. The fourth-order valence-electron chi connectivity index (χ4n) is 1.48. The quantitative estimate of drug-likeness (QED) is 0.612. The Morgan fingerprint density at radius 2 is 2.24 bits per heavy atom. The van der Waals surface area contributed by atoms with Crippen LogP contribution in [0.15, 0.2) is 0 Å². The molecule has 0 radical (unpaired) electrons. The molecule has 1 aliphatic rings. The number of carboxylic acid groups (broad SMARTS) is 1. The average Bonchev–Trinajstić information content (AvgIpc) is 2.81. The fraction of sp³-hybridized carbons (Fsp3) is 0.700. The van der Waals surface area contributed by atoms with Crippen LogP contribution in [0.2, 0.25) is 0 Å². The van der Waals surface area contributed by atoms with E-state index in [1.807, 2.05) is 0 Å². The van der Waals surface area contributed by atoms with Gasteiger partial charge >= 0.3 is 11.9 Å². The van der Waals surface area contributed by atoms with Crippen molar-refractivity contribution in [2.45, 2.75) is 18.9 Å². The summed E-state index contributed by atoms with van der Waals surface area (Å²) < 4.78 is 9.38. The Morgan fingerprint density at radius 1 is 1.53 bits per heavy atom. The zero-order valence-electron chi connectivity index (χ0n) is 9.47. The second kappa shape index (κ2) is 6.19. The summed E-state index contributed by atoms with van der Waals surface area (Å²) in [5.41, 5.74) is 0. The normalized spacial score (nSPS) is 20.6. The monoisotopic (exact) mass is 245 g/mol. The number of carbonyl (C=O) groups excluding carboxylic acids is 2. The number of rotatable bonds is 5. The first-order valence-corrected chi connectivity index (χ1v) is 5.22. The van der Waals surface area contributed by atoms with Crippen molar-refractivity contribution in [1.29, 1.82) is 0 Å². The minimum absolute atomic E-state index is 0.288. The second-order valence-corrected chi connectivity index (χ2v) is 3.74. The summed E-state index contributed by atoms with van der Waals surface area (Å²) in [6.45, 7) is 0.781. The third-order valence-electron chi connectivity index (χ3n) is 2.51. The number of amides is 1. The molecule has 0 bridgehead atoms. The molecule has 1 saturated heterocycles. The first kappa shape index (κ1) is 13.4. The predicted molar refractivity (Wildman–Crippen MR) is 55.1 cm³/mol. The molecule has 17 heavy (non-hydrogen) atoms. The zero-order chi connectivity index (χ0) is 12.8. The summed E-state index contributed by atoms with van der Waals surface area (Å²) in [4.78, 5) is 33.4. The van der Waals surface area contributed by atoms with Crippen molar-refractivity contribution in [3.8, 4) is 0 Å². The smallest absolute Gasteiger partial charge is 0.326 e. The Hall–Kier alpha value is -1.63. The molecule has 0 aromatic heterocycles. The molecule has 0 spiro atoms. The number of ether oxygens (including phenoxy) is 2. The van der Waals surface area contributed by atoms with Gasteiger partial charge in [0.15, 0.2) is 0 Å². The van der Waals surface area contributed by atoms with Crippen molar-refractivity contribution < 1.29 is 29.0 Å². The lowest BCUT2D eigenvalue weighted by Gasteiger charge is -2.15. The van der Waals surface area contributed by atoms with Crippen molar-refractivity contribution >= 4 is 17.8 Å². The minimum Gasteiger partial charge on any atom is -0.480 e. The van der Waals surface area contributed by atoms with Gasteiger partial charge in [-0.2, -0.15) is 0 Å². The minimum atomic E-state index is -1.26. The molecule has 0 saturated carbocycles. The maximum atomic E-state index is 11.6. The van der Waals surface area contributed by atoms with Crippen molar-refractivity contribution in [1.82, 2.24) is 5.32 Å². The molecule has 7 heteroatoms. The Kier molecular flexibility index (Phi) is 4.89. The lowest BCUT2D eigenvalue weighted by atomic mass is 10.1. The molecule has 1 heterocycles. The van der Waals surface area contributed by atoms with Gasteiger partial charge in [0.1, 0.15) is 6.04 Å². The molecule has 2 N–H and O–H groups in total. The van der Waals surface area contributed by atoms with Crippen LogP contribution >= 0.6 is 0 Å². The summed E-state index contributed by atoms with van der Waals surface area (Å²) in [5, 5.41) is 11.2. The second-order valence-electron chi connectivity index (χ2n) is 3.74. The van der Waals surface area contributed by atoms with Crippen LogP contribution in [0.5, 0.6) is 0 Å². The van der Waals surface area contributed by atoms with Gasteiger partial charge in [-0.25, -0.2) is 4.79 Å². The molecule has 1 unspecified atom stereocenters. The topological polar surface area (TPSA) is 102 Å². The largest absolute Gasteiger partial charge is 0.480 e. The predicted octanol–water partition coefficient (Wildman–Crippen LogP) is -0.845. The first-order chi connectivity index (χ1) is 8.04. The molecule has 1 rings (SSSR count). The lowest BCUT2D eigenvalue weighted by molar-refractivity contribution is -0.149. The van der Waals surface area contributed by atoms with Crippen molar-refractivity contribution in [3.63, 3.8) is 0 Å². The molecule has 1 fully saturated rings. The number of nitrogens with one attached hydrogen (secondary N) is 1. The molecule has 0 aromatic carbocycles. The van der Waals surface area contributed by atoms with Crippen molar-refractivity contribution in [2.75, 3.05) is 20.3 Å². The molecule has 0 aromatic rings. The van der Waals surface area contributed by atoms with Gasteiger partial charge in [-0.3, -0.25) is 9.59 Å². The van der Waals surface area contributed by atoms with Gasteiger partial charge < -0.3 is 19.9 Å². The van der Waals surface area contributed by atoms with E-state index in [1.54, 1.807) is 0 Å². The van der Waals surface area contributed by atoms with Crippen LogP contribution in [-0.2, 0) is 23.9 Å². The maximum absolute atomic E-state index is 11.6. The highest BCUT2D eigenvalue weighted by Gasteiger charge is 2.29. The number of hydrogen-bond acceptors (Lipinski definition) is 5. The summed E-state index contributed by atoms with van der Waals surface area (Å²) in [7, 11) is 1.16. The highest BCUT2D eigenvalue weighted by molar-refractivity contribution is 5.88. The van der Waals surface area contributed by atoms with E-state index < -0.39 is 23.9 Å². The van der Waals surface area contributed by atoms with Gasteiger partial charge in [0.05, 0.1) is 26.1 Å². The van der Waals surface area contributed by atoms with Crippen LogP contribution in [0.4, 0.5) is 0 Å². The average molecular weight is 245 g/mol. The molecule has 0 aliphatic carbocycles. The van der Waals surface area contributed by atoms with Gasteiger partial charge in [0, 0.05) is 6.61 Å². The van der Waals surface area contributed by atoms with Crippen LogP contribution in [0.25, 0.3) is 0 Å². The standard InChI is InChI=1S/C10H15NO6/c1-16-8(12)4-7(10(14)15)11-9(13)6-2-3-17-5-6/h6-7H,2-5H2,1H3,(H,11,13)(H,14,15)/t6?,7-/m0/s1. The van der Waals surface area contributed by atoms with E-state index in [2.05, 4.69) is 10.1 Å². The number of carboxylic acids is 1. The SMILES string of the molecule is COC(=O)C[C@H](NC(=O)C1CCOC1)C(=O)O. The van der Waals surface area contributed by atoms with E-state index in [0.717, 1.165) is 7.11 Å². The van der Waals surface area contributed by atoms with E-state index in [0.29, 0.717) is 13.0 Å². The summed E-state index contributed by atoms with van der Waals surface area (Å²) in [5.74, 6) is -2.68. The van der Waals surface area contributed by atoms with E-state index in [-0.39, 0.29) is 18.9 Å². The lowest BCUT2D eigenvalue weighted by Crippen LogP contribution is -2.45. The number of aliphatic carboxylic acids is 1. The number of hydrogen-bond donors (Lipinski definition) is 2. The molecular formula is C10H15NO6. The van der Waals surface area contributed by atoms with Crippen LogP contribution in [0.3, 0.4) is 0 Å². The van der Waals surface area contributed by atoms with Gasteiger partial charge in [-0.15, -0.1) is 0 Å². The van der Waals surface area contributed by atoms with Crippen LogP contribution in [0.1, 0.15) is 12.8 Å². The fourth-order valence-corrected chi connectivity index (χ4v) is 1.48. The van der Waals surface area contributed by atoms with Crippen LogP contribution in [0, 0.1) is 5.92 Å². The van der Waals surface area contributed by atoms with E-state index in [1.165, 1.54) is 0 Å². The molecule has 1 aliphatic heterocycles. The molecule has 7 nitrogen and oxygen atoms in total. The number of methoxy groups -OCH3 is 1. The van der Waals surface area contributed by atoms with E-state index in [4.69, 9.17) is 9.84 Å². The molecule has 1 amide bonds. The molecular weight excluding hydrogens is 230 g/mol. The molecule has 96 valence electrons. The Morgan fingerprint density at radius 3 is 2.71 bits per heavy atom.